The lowest BCUT2D eigenvalue weighted by Gasteiger charge is -2.45. The van der Waals surface area contributed by atoms with Gasteiger partial charge in [0.2, 0.25) is 0 Å². The minimum absolute atomic E-state index is 0.640. The fourth-order valence-corrected chi connectivity index (χ4v) is 2.40. The van der Waals surface area contributed by atoms with E-state index in [1.807, 2.05) is 0 Å². The average Bonchev–Trinajstić information content (AvgIpc) is 2.30. The number of nitrogens with two attached hydrogens (primary N) is 1. The van der Waals surface area contributed by atoms with Crippen molar-refractivity contribution >= 4 is 11.4 Å². The standard InChI is InChI=1S/C11H15N3/c12-8-9-1-2-10-11(7-9)14-5-3-13(10)4-6-14/h1-2,7H,3-6,8,12H2. The van der Waals surface area contributed by atoms with Crippen LogP contribution in [-0.4, -0.2) is 26.2 Å². The van der Waals surface area contributed by atoms with Crippen molar-refractivity contribution in [2.45, 2.75) is 6.54 Å². The molecule has 0 radical (unpaired) electrons. The van der Waals surface area contributed by atoms with Crippen LogP contribution < -0.4 is 15.5 Å². The normalized spacial score (nSPS) is 18.6. The molecule has 3 aliphatic rings. The van der Waals surface area contributed by atoms with Gasteiger partial charge in [-0.25, -0.2) is 0 Å². The molecule has 14 heavy (non-hydrogen) atoms. The minimum atomic E-state index is 0.640. The van der Waals surface area contributed by atoms with Crippen LogP contribution in [0.15, 0.2) is 18.2 Å². The maximum Gasteiger partial charge on any atom is 0.0608 e. The number of benzene rings is 1. The molecule has 0 aliphatic carbocycles. The van der Waals surface area contributed by atoms with E-state index in [0.717, 1.165) is 0 Å². The van der Waals surface area contributed by atoms with E-state index < -0.39 is 0 Å². The van der Waals surface area contributed by atoms with E-state index in [1.54, 1.807) is 0 Å². The Bertz CT molecular complexity index is 354. The third-order valence-corrected chi connectivity index (χ3v) is 3.24. The van der Waals surface area contributed by atoms with Crippen molar-refractivity contribution in [3.05, 3.63) is 23.8 Å². The van der Waals surface area contributed by atoms with E-state index in [-0.39, 0.29) is 0 Å². The molecule has 3 heteroatoms. The van der Waals surface area contributed by atoms with E-state index in [4.69, 9.17) is 5.73 Å². The molecule has 2 bridgehead atoms. The molecule has 3 heterocycles. The molecule has 0 saturated carbocycles. The fourth-order valence-electron chi connectivity index (χ4n) is 2.40. The van der Waals surface area contributed by atoms with E-state index in [0.29, 0.717) is 6.54 Å². The van der Waals surface area contributed by atoms with Crippen molar-refractivity contribution in [1.82, 2.24) is 0 Å². The highest BCUT2D eigenvalue weighted by Gasteiger charge is 2.27. The third kappa shape index (κ3) is 1.02. The summed E-state index contributed by atoms with van der Waals surface area (Å²) >= 11 is 0. The van der Waals surface area contributed by atoms with Crippen LogP contribution in [0.1, 0.15) is 5.56 Å². The highest BCUT2D eigenvalue weighted by atomic mass is 15.3. The predicted octanol–water partition coefficient (Wildman–Crippen LogP) is 0.785. The molecule has 2 N–H and O–H groups in total. The summed E-state index contributed by atoms with van der Waals surface area (Å²) in [5.74, 6) is 0. The van der Waals surface area contributed by atoms with Crippen molar-refractivity contribution in [2.24, 2.45) is 5.73 Å². The van der Waals surface area contributed by atoms with Crippen LogP contribution in [0.4, 0.5) is 11.4 Å². The number of piperazine rings is 1. The maximum absolute atomic E-state index is 5.65. The summed E-state index contributed by atoms with van der Waals surface area (Å²) < 4.78 is 0. The van der Waals surface area contributed by atoms with E-state index in [9.17, 15) is 0 Å². The van der Waals surface area contributed by atoms with Gasteiger partial charge in [-0.15, -0.1) is 0 Å². The summed E-state index contributed by atoms with van der Waals surface area (Å²) in [7, 11) is 0. The van der Waals surface area contributed by atoms with E-state index >= 15 is 0 Å². The summed E-state index contributed by atoms with van der Waals surface area (Å²) in [6, 6.07) is 6.59. The summed E-state index contributed by atoms with van der Waals surface area (Å²) in [6.07, 6.45) is 0. The summed E-state index contributed by atoms with van der Waals surface area (Å²) in [4.78, 5) is 4.93. The number of rotatable bonds is 1. The van der Waals surface area contributed by atoms with Crippen molar-refractivity contribution < 1.29 is 0 Å². The summed E-state index contributed by atoms with van der Waals surface area (Å²) in [5, 5.41) is 0. The van der Waals surface area contributed by atoms with Gasteiger partial charge in [0.1, 0.15) is 0 Å². The Labute approximate surface area is 84.1 Å². The molecule has 0 amide bonds. The van der Waals surface area contributed by atoms with Crippen molar-refractivity contribution in [1.29, 1.82) is 0 Å². The summed E-state index contributed by atoms with van der Waals surface area (Å²) in [6.45, 7) is 5.33. The van der Waals surface area contributed by atoms with Crippen LogP contribution in [0.2, 0.25) is 0 Å². The Kier molecular flexibility index (Phi) is 1.67. The molecule has 74 valence electrons. The van der Waals surface area contributed by atoms with Gasteiger partial charge in [0, 0.05) is 32.7 Å². The predicted molar refractivity (Wildman–Crippen MR) is 58.8 cm³/mol. The Morgan fingerprint density at radius 2 is 1.64 bits per heavy atom. The number of anilines is 2. The van der Waals surface area contributed by atoms with Gasteiger partial charge in [-0.3, -0.25) is 0 Å². The Morgan fingerprint density at radius 3 is 2.29 bits per heavy atom. The molecular formula is C11H15N3. The Hall–Kier alpha value is -1.22. The molecule has 0 unspecified atom stereocenters. The number of hydrogen-bond acceptors (Lipinski definition) is 3. The highest BCUT2D eigenvalue weighted by Crippen LogP contribution is 2.36. The second-order valence-electron chi connectivity index (χ2n) is 4.00. The Balaban J connectivity index is 2.11. The molecule has 0 aromatic heterocycles. The first-order valence-corrected chi connectivity index (χ1v) is 5.21. The lowest BCUT2D eigenvalue weighted by molar-refractivity contribution is 0.624. The lowest BCUT2D eigenvalue weighted by atomic mass is 10.1. The zero-order chi connectivity index (χ0) is 9.54. The smallest absolute Gasteiger partial charge is 0.0608 e. The number of hydrogen-bond donors (Lipinski definition) is 1. The molecular weight excluding hydrogens is 174 g/mol. The molecule has 1 aromatic carbocycles. The molecule has 1 aromatic rings. The van der Waals surface area contributed by atoms with Gasteiger partial charge in [0.25, 0.3) is 0 Å². The van der Waals surface area contributed by atoms with Crippen LogP contribution in [0.5, 0.6) is 0 Å². The lowest BCUT2D eigenvalue weighted by Crippen LogP contribution is -2.51. The molecule has 1 fully saturated rings. The molecule has 0 atom stereocenters. The SMILES string of the molecule is NCc1ccc2c(c1)N1CCN2CC1. The molecule has 4 rings (SSSR count). The topological polar surface area (TPSA) is 32.5 Å². The van der Waals surface area contributed by atoms with Crippen LogP contribution in [0.3, 0.4) is 0 Å². The van der Waals surface area contributed by atoms with Gasteiger partial charge in [-0.05, 0) is 17.7 Å². The minimum Gasteiger partial charge on any atom is -0.366 e. The van der Waals surface area contributed by atoms with Gasteiger partial charge in [-0.2, -0.15) is 0 Å². The monoisotopic (exact) mass is 189 g/mol. The zero-order valence-corrected chi connectivity index (χ0v) is 8.24. The van der Waals surface area contributed by atoms with Gasteiger partial charge in [0.15, 0.2) is 0 Å². The first-order chi connectivity index (χ1) is 6.88. The highest BCUT2D eigenvalue weighted by molar-refractivity contribution is 5.76. The van der Waals surface area contributed by atoms with Crippen molar-refractivity contribution in [2.75, 3.05) is 36.0 Å². The van der Waals surface area contributed by atoms with Crippen LogP contribution in [-0.2, 0) is 6.54 Å². The van der Waals surface area contributed by atoms with Crippen LogP contribution in [0, 0.1) is 0 Å². The molecule has 0 spiro atoms. The first-order valence-electron chi connectivity index (χ1n) is 5.21. The second-order valence-corrected chi connectivity index (χ2v) is 4.00. The van der Waals surface area contributed by atoms with Crippen LogP contribution >= 0.6 is 0 Å². The third-order valence-electron chi connectivity index (χ3n) is 3.24. The average molecular weight is 189 g/mol. The molecule has 3 nitrogen and oxygen atoms in total. The van der Waals surface area contributed by atoms with Gasteiger partial charge in [-0.1, -0.05) is 6.07 Å². The fraction of sp³-hybridized carbons (Fsp3) is 0.455. The van der Waals surface area contributed by atoms with Crippen molar-refractivity contribution in [3.8, 4) is 0 Å². The Morgan fingerprint density at radius 1 is 1.00 bits per heavy atom. The van der Waals surface area contributed by atoms with Crippen LogP contribution in [0.25, 0.3) is 0 Å². The first kappa shape index (κ1) is 8.12. The van der Waals surface area contributed by atoms with Gasteiger partial charge >= 0.3 is 0 Å². The van der Waals surface area contributed by atoms with Gasteiger partial charge in [0.05, 0.1) is 11.4 Å². The van der Waals surface area contributed by atoms with Crippen molar-refractivity contribution in [3.63, 3.8) is 0 Å². The molecule has 3 aliphatic heterocycles. The van der Waals surface area contributed by atoms with Gasteiger partial charge < -0.3 is 15.5 Å². The van der Waals surface area contributed by atoms with E-state index in [1.165, 1.54) is 43.1 Å². The number of nitrogens with zero attached hydrogens (tertiary/aromatic N) is 2. The summed E-state index contributed by atoms with van der Waals surface area (Å²) in [5.41, 5.74) is 9.65. The van der Waals surface area contributed by atoms with E-state index in [2.05, 4.69) is 28.0 Å². The molecule has 1 saturated heterocycles. The maximum atomic E-state index is 5.65. The quantitative estimate of drug-likeness (QED) is 0.708. The number of fused-ring (bicyclic) bond motifs is 2. The largest absolute Gasteiger partial charge is 0.366 e. The second kappa shape index (κ2) is 2.89. The zero-order valence-electron chi connectivity index (χ0n) is 8.24.